The number of nitrogens with zero attached hydrogens (tertiary/aromatic N) is 2. The summed E-state index contributed by atoms with van der Waals surface area (Å²) in [5, 5.41) is 0. The van der Waals surface area contributed by atoms with Gasteiger partial charge in [-0.25, -0.2) is 8.78 Å². The average Bonchev–Trinajstić information content (AvgIpc) is 2.86. The molecule has 2 aliphatic rings. The Morgan fingerprint density at radius 3 is 2.62 bits per heavy atom. The summed E-state index contributed by atoms with van der Waals surface area (Å²) in [5.41, 5.74) is 2.22. The molecule has 2 heterocycles. The number of benzene rings is 2. The molecular formula is C20H16F2N2O2. The molecule has 0 aliphatic carbocycles. The summed E-state index contributed by atoms with van der Waals surface area (Å²) in [5.74, 6) is -2.13. The predicted molar refractivity (Wildman–Crippen MR) is 93.5 cm³/mol. The number of fused-ring (bicyclic) bond motifs is 2. The number of carbonyl (C=O) groups excluding carboxylic acids is 2. The van der Waals surface area contributed by atoms with Crippen molar-refractivity contribution in [2.24, 2.45) is 0 Å². The lowest BCUT2D eigenvalue weighted by Gasteiger charge is -2.31. The van der Waals surface area contributed by atoms with Gasteiger partial charge < -0.3 is 4.90 Å². The summed E-state index contributed by atoms with van der Waals surface area (Å²) in [6.45, 7) is 4.01. The fourth-order valence-corrected chi connectivity index (χ4v) is 3.62. The van der Waals surface area contributed by atoms with Gasteiger partial charge in [0.15, 0.2) is 0 Å². The Hall–Kier alpha value is -3.02. The third kappa shape index (κ3) is 2.49. The van der Waals surface area contributed by atoms with Crippen molar-refractivity contribution in [1.82, 2.24) is 4.90 Å². The van der Waals surface area contributed by atoms with Gasteiger partial charge in [-0.3, -0.25) is 14.5 Å². The Balaban J connectivity index is 1.62. The number of hydrogen-bond donors (Lipinski definition) is 0. The third-order valence-corrected chi connectivity index (χ3v) is 4.84. The van der Waals surface area contributed by atoms with Crippen molar-refractivity contribution in [2.75, 3.05) is 18.0 Å². The van der Waals surface area contributed by atoms with Crippen LogP contribution >= 0.6 is 0 Å². The van der Waals surface area contributed by atoms with Gasteiger partial charge in [0.25, 0.3) is 5.91 Å². The number of aryl methyl sites for hydroxylation is 1. The van der Waals surface area contributed by atoms with Crippen molar-refractivity contribution < 1.29 is 18.4 Å². The van der Waals surface area contributed by atoms with Crippen LogP contribution in [0.15, 0.2) is 43.0 Å². The van der Waals surface area contributed by atoms with E-state index in [0.717, 1.165) is 6.07 Å². The molecule has 26 heavy (non-hydrogen) atoms. The molecule has 4 nitrogen and oxygen atoms in total. The highest BCUT2D eigenvalue weighted by Gasteiger charge is 2.34. The quantitative estimate of drug-likeness (QED) is 0.830. The first-order valence-corrected chi connectivity index (χ1v) is 8.36. The Morgan fingerprint density at radius 1 is 1.15 bits per heavy atom. The number of rotatable bonds is 2. The summed E-state index contributed by atoms with van der Waals surface area (Å²) in [4.78, 5) is 28.0. The molecule has 2 aliphatic heterocycles. The first kappa shape index (κ1) is 16.4. The lowest BCUT2D eigenvalue weighted by atomic mass is 10.0. The average molecular weight is 354 g/mol. The van der Waals surface area contributed by atoms with Crippen molar-refractivity contribution in [3.63, 3.8) is 0 Å². The second-order valence-corrected chi connectivity index (χ2v) is 6.43. The topological polar surface area (TPSA) is 40.6 Å². The van der Waals surface area contributed by atoms with E-state index in [-0.39, 0.29) is 18.1 Å². The van der Waals surface area contributed by atoms with Crippen LogP contribution in [0.4, 0.5) is 14.5 Å². The highest BCUT2D eigenvalue weighted by molar-refractivity contribution is 6.11. The Bertz CT molecular complexity index is 920. The molecule has 0 saturated heterocycles. The fourth-order valence-electron chi connectivity index (χ4n) is 3.62. The first-order valence-electron chi connectivity index (χ1n) is 8.36. The van der Waals surface area contributed by atoms with E-state index >= 15 is 0 Å². The molecule has 6 heteroatoms. The van der Waals surface area contributed by atoms with Crippen LogP contribution in [0.2, 0.25) is 0 Å². The summed E-state index contributed by atoms with van der Waals surface area (Å²) in [7, 11) is 0. The maximum Gasteiger partial charge on any atom is 0.259 e. The molecule has 0 radical (unpaired) electrons. The van der Waals surface area contributed by atoms with Crippen LogP contribution in [0.3, 0.4) is 0 Å². The molecule has 0 N–H and O–H groups in total. The first-order chi connectivity index (χ1) is 12.5. The summed E-state index contributed by atoms with van der Waals surface area (Å²) in [6.07, 6.45) is 1.12. The van der Waals surface area contributed by atoms with E-state index in [1.54, 1.807) is 24.3 Å². The van der Waals surface area contributed by atoms with Crippen LogP contribution in [-0.2, 0) is 11.2 Å². The van der Waals surface area contributed by atoms with Crippen LogP contribution in [0.5, 0.6) is 0 Å². The Labute approximate surface area is 149 Å². The zero-order valence-electron chi connectivity index (χ0n) is 14.0. The number of hydrogen-bond acceptors (Lipinski definition) is 2. The largest absolute Gasteiger partial charge is 0.308 e. The molecule has 2 aromatic carbocycles. The van der Waals surface area contributed by atoms with E-state index in [9.17, 15) is 18.4 Å². The third-order valence-electron chi connectivity index (χ3n) is 4.84. The highest BCUT2D eigenvalue weighted by atomic mass is 19.1. The van der Waals surface area contributed by atoms with Gasteiger partial charge >= 0.3 is 0 Å². The summed E-state index contributed by atoms with van der Waals surface area (Å²) < 4.78 is 27.7. The second-order valence-electron chi connectivity index (χ2n) is 6.43. The molecule has 2 aromatic rings. The van der Waals surface area contributed by atoms with Crippen LogP contribution < -0.4 is 4.90 Å². The Morgan fingerprint density at radius 2 is 1.88 bits per heavy atom. The lowest BCUT2D eigenvalue weighted by molar-refractivity contribution is -0.118. The van der Waals surface area contributed by atoms with Crippen molar-refractivity contribution in [3.8, 4) is 0 Å². The van der Waals surface area contributed by atoms with Crippen LogP contribution in [0, 0.1) is 11.6 Å². The van der Waals surface area contributed by atoms with Gasteiger partial charge in [0.1, 0.15) is 18.2 Å². The lowest BCUT2D eigenvalue weighted by Crippen LogP contribution is -2.43. The highest BCUT2D eigenvalue weighted by Crippen LogP contribution is 2.34. The van der Waals surface area contributed by atoms with Gasteiger partial charge in [-0.15, -0.1) is 0 Å². The maximum absolute atomic E-state index is 14.3. The van der Waals surface area contributed by atoms with Crippen molar-refractivity contribution >= 4 is 23.2 Å². The normalized spacial score (nSPS) is 15.9. The van der Waals surface area contributed by atoms with Crippen LogP contribution in [0.25, 0.3) is 5.70 Å². The molecule has 4 rings (SSSR count). The van der Waals surface area contributed by atoms with Crippen LogP contribution in [-0.4, -0.2) is 29.8 Å². The van der Waals surface area contributed by atoms with E-state index in [4.69, 9.17) is 0 Å². The molecule has 0 spiro atoms. The second kappa shape index (κ2) is 6.05. The molecule has 132 valence electrons. The SMILES string of the molecule is C=C1c2ccccc2C(=O)N1CC(=O)N1CCCc2cc(F)cc(F)c21. The predicted octanol–water partition coefficient (Wildman–Crippen LogP) is 3.37. The smallest absolute Gasteiger partial charge is 0.259 e. The molecule has 0 fully saturated rings. The standard InChI is InChI=1S/C20H16F2N2O2/c1-12-15-6-2-3-7-16(15)20(26)24(12)11-18(25)23-8-4-5-13-9-14(21)10-17(22)19(13)23/h2-3,6-7,9-10H,1,4-5,8,11H2. The van der Waals surface area contributed by atoms with Gasteiger partial charge in [0, 0.05) is 29.4 Å². The number of halogens is 2. The number of amides is 2. The maximum atomic E-state index is 14.3. The van der Waals surface area contributed by atoms with Gasteiger partial charge in [-0.05, 0) is 30.5 Å². The van der Waals surface area contributed by atoms with E-state index in [2.05, 4.69) is 6.58 Å². The van der Waals surface area contributed by atoms with E-state index in [1.807, 2.05) is 0 Å². The molecule has 0 bridgehead atoms. The minimum atomic E-state index is -0.761. The van der Waals surface area contributed by atoms with Crippen LogP contribution in [0.1, 0.15) is 27.9 Å². The zero-order chi connectivity index (χ0) is 18.4. The molecule has 0 atom stereocenters. The zero-order valence-corrected chi connectivity index (χ0v) is 14.0. The van der Waals surface area contributed by atoms with Gasteiger partial charge in [0.05, 0.1) is 5.69 Å². The minimum Gasteiger partial charge on any atom is -0.308 e. The molecule has 0 unspecified atom stereocenters. The van der Waals surface area contributed by atoms with Crippen molar-refractivity contribution in [3.05, 3.63) is 71.3 Å². The van der Waals surface area contributed by atoms with Crippen molar-refractivity contribution in [2.45, 2.75) is 12.8 Å². The summed E-state index contributed by atoms with van der Waals surface area (Å²) >= 11 is 0. The van der Waals surface area contributed by atoms with Gasteiger partial charge in [-0.1, -0.05) is 24.8 Å². The van der Waals surface area contributed by atoms with Crippen molar-refractivity contribution in [1.29, 1.82) is 0 Å². The minimum absolute atomic E-state index is 0.109. The molecule has 0 saturated carbocycles. The molecule has 0 aromatic heterocycles. The van der Waals surface area contributed by atoms with E-state index < -0.39 is 17.5 Å². The fraction of sp³-hybridized carbons (Fsp3) is 0.200. The monoisotopic (exact) mass is 354 g/mol. The number of carbonyl (C=O) groups is 2. The number of anilines is 1. The summed E-state index contributed by atoms with van der Waals surface area (Å²) in [6, 6.07) is 9.05. The Kier molecular flexibility index (Phi) is 3.83. The van der Waals surface area contributed by atoms with Gasteiger partial charge in [0.2, 0.25) is 5.91 Å². The molecular weight excluding hydrogens is 338 g/mol. The van der Waals surface area contributed by atoms with Gasteiger partial charge in [-0.2, -0.15) is 0 Å². The van der Waals surface area contributed by atoms with E-state index in [1.165, 1.54) is 15.9 Å². The van der Waals surface area contributed by atoms with E-state index in [0.29, 0.717) is 41.8 Å². The molecule has 2 amide bonds.